The number of anilines is 2. The lowest BCUT2D eigenvalue weighted by atomic mass is 10.2. The van der Waals surface area contributed by atoms with Gasteiger partial charge in [-0.1, -0.05) is 0 Å². The van der Waals surface area contributed by atoms with Gasteiger partial charge in [0.15, 0.2) is 15.7 Å². The minimum Gasteiger partial charge on any atom is -0.384 e. The van der Waals surface area contributed by atoms with Crippen LogP contribution in [0.5, 0.6) is 0 Å². The number of amides is 2. The summed E-state index contributed by atoms with van der Waals surface area (Å²) in [7, 11) is 0.558. The van der Waals surface area contributed by atoms with Crippen LogP contribution in [0.3, 0.4) is 0 Å². The Labute approximate surface area is 171 Å². The number of aromatic nitrogens is 2. The molecule has 2 rings (SSSR count). The number of nitrogens with two attached hydrogens (primary N) is 1. The Balaban J connectivity index is 2.10. The Kier molecular flexibility index (Phi) is 7.52. The number of carbonyl (C=O) groups is 1. The molecule has 4 N–H and O–H groups in total. The fraction of sp³-hybridized carbons (Fsp3) is 0.421. The van der Waals surface area contributed by atoms with Crippen molar-refractivity contribution in [1.29, 1.82) is 0 Å². The van der Waals surface area contributed by atoms with Crippen molar-refractivity contribution in [1.82, 2.24) is 20.2 Å². The highest BCUT2D eigenvalue weighted by Gasteiger charge is 2.19. The van der Waals surface area contributed by atoms with Crippen molar-refractivity contribution in [3.63, 3.8) is 0 Å². The molecule has 0 spiro atoms. The van der Waals surface area contributed by atoms with Crippen LogP contribution >= 0.6 is 0 Å². The summed E-state index contributed by atoms with van der Waals surface area (Å²) in [4.78, 5) is 22.4. The summed E-state index contributed by atoms with van der Waals surface area (Å²) in [5.41, 5.74) is 7.47. The van der Waals surface area contributed by atoms with Crippen molar-refractivity contribution in [2.75, 3.05) is 38.2 Å². The summed E-state index contributed by atoms with van der Waals surface area (Å²) in [6.07, 6.45) is 0. The van der Waals surface area contributed by atoms with E-state index in [2.05, 4.69) is 20.6 Å². The second-order valence-corrected chi connectivity index (χ2v) is 9.78. The zero-order chi connectivity index (χ0) is 21.6. The fourth-order valence-corrected chi connectivity index (χ4v) is 3.26. The SMILES string of the molecule is CC(C)S(=O)(=O)Cc1cc(N)nc(-c2ccc(NC(=O)NCCN(C)C)cc2)n1. The molecule has 2 aromatic rings. The average Bonchev–Trinajstić information content (AvgIpc) is 2.61. The number of nitrogens with zero attached hydrogens (tertiary/aromatic N) is 3. The quantitative estimate of drug-likeness (QED) is 0.593. The van der Waals surface area contributed by atoms with Crippen LogP contribution in [-0.4, -0.2) is 61.8 Å². The predicted molar refractivity (Wildman–Crippen MR) is 115 cm³/mol. The van der Waals surface area contributed by atoms with E-state index in [0.717, 1.165) is 6.54 Å². The topological polar surface area (TPSA) is 130 Å². The van der Waals surface area contributed by atoms with Gasteiger partial charge in [0.25, 0.3) is 0 Å². The maximum atomic E-state index is 12.2. The molecule has 10 heteroatoms. The smallest absolute Gasteiger partial charge is 0.319 e. The summed E-state index contributed by atoms with van der Waals surface area (Å²) in [6.45, 7) is 4.54. The summed E-state index contributed by atoms with van der Waals surface area (Å²) in [6, 6.07) is 8.10. The molecule has 1 aromatic heterocycles. The lowest BCUT2D eigenvalue weighted by molar-refractivity contribution is 0.250. The van der Waals surface area contributed by atoms with Gasteiger partial charge in [-0.15, -0.1) is 0 Å². The van der Waals surface area contributed by atoms with Crippen molar-refractivity contribution >= 4 is 27.4 Å². The fourth-order valence-electron chi connectivity index (χ4n) is 2.37. The number of hydrogen-bond donors (Lipinski definition) is 3. The Morgan fingerprint density at radius 2 is 1.83 bits per heavy atom. The standard InChI is InChI=1S/C19H28N6O3S/c1-13(2)29(27,28)12-16-11-17(20)24-18(22-16)14-5-7-15(8-6-14)23-19(26)21-9-10-25(3)4/h5-8,11,13H,9-10,12H2,1-4H3,(H2,20,22,24)(H2,21,23,26). The van der Waals surface area contributed by atoms with E-state index in [0.29, 0.717) is 29.3 Å². The highest BCUT2D eigenvalue weighted by Crippen LogP contribution is 2.21. The van der Waals surface area contributed by atoms with Gasteiger partial charge in [0.2, 0.25) is 0 Å². The summed E-state index contributed by atoms with van der Waals surface area (Å²) < 4.78 is 24.3. The van der Waals surface area contributed by atoms with E-state index in [1.807, 2.05) is 19.0 Å². The molecule has 0 bridgehead atoms. The van der Waals surface area contributed by atoms with Crippen LogP contribution in [-0.2, 0) is 15.6 Å². The van der Waals surface area contributed by atoms with Gasteiger partial charge < -0.3 is 21.3 Å². The Bertz CT molecular complexity index is 943. The van der Waals surface area contributed by atoms with E-state index < -0.39 is 15.1 Å². The van der Waals surface area contributed by atoms with E-state index in [-0.39, 0.29) is 17.6 Å². The van der Waals surface area contributed by atoms with Crippen molar-refractivity contribution in [3.8, 4) is 11.4 Å². The summed E-state index contributed by atoms with van der Waals surface area (Å²) in [5.74, 6) is 0.337. The molecule has 0 atom stereocenters. The monoisotopic (exact) mass is 420 g/mol. The number of carbonyl (C=O) groups excluding carboxylic acids is 1. The zero-order valence-corrected chi connectivity index (χ0v) is 18.0. The van der Waals surface area contributed by atoms with Gasteiger partial charge in [0.1, 0.15) is 5.82 Å². The normalized spacial score (nSPS) is 11.7. The highest BCUT2D eigenvalue weighted by molar-refractivity contribution is 7.91. The van der Waals surface area contributed by atoms with E-state index in [1.165, 1.54) is 6.07 Å². The Hall–Kier alpha value is -2.72. The van der Waals surface area contributed by atoms with Crippen LogP contribution in [0, 0.1) is 0 Å². The van der Waals surface area contributed by atoms with Crippen LogP contribution < -0.4 is 16.4 Å². The summed E-state index contributed by atoms with van der Waals surface area (Å²) in [5, 5.41) is 5.01. The van der Waals surface area contributed by atoms with E-state index in [1.54, 1.807) is 38.1 Å². The van der Waals surface area contributed by atoms with Gasteiger partial charge in [-0.25, -0.2) is 23.2 Å². The maximum absolute atomic E-state index is 12.2. The first-order valence-electron chi connectivity index (χ1n) is 9.22. The molecule has 0 fully saturated rings. The number of benzene rings is 1. The van der Waals surface area contributed by atoms with Gasteiger partial charge in [0, 0.05) is 30.4 Å². The highest BCUT2D eigenvalue weighted by atomic mass is 32.2. The van der Waals surface area contributed by atoms with Crippen molar-refractivity contribution in [3.05, 3.63) is 36.0 Å². The number of urea groups is 1. The molecular formula is C19H28N6O3S. The molecule has 0 aliphatic rings. The van der Waals surface area contributed by atoms with Gasteiger partial charge in [0.05, 0.1) is 16.7 Å². The van der Waals surface area contributed by atoms with E-state index in [9.17, 15) is 13.2 Å². The lowest BCUT2D eigenvalue weighted by Gasteiger charge is -2.12. The third-order valence-electron chi connectivity index (χ3n) is 4.11. The van der Waals surface area contributed by atoms with Crippen LogP contribution in [0.1, 0.15) is 19.5 Å². The number of sulfone groups is 1. The Morgan fingerprint density at radius 3 is 2.41 bits per heavy atom. The second-order valence-electron chi connectivity index (χ2n) is 7.23. The molecule has 1 aromatic carbocycles. The zero-order valence-electron chi connectivity index (χ0n) is 17.1. The first-order valence-corrected chi connectivity index (χ1v) is 10.9. The number of rotatable bonds is 8. The van der Waals surface area contributed by atoms with Gasteiger partial charge in [-0.3, -0.25) is 0 Å². The van der Waals surface area contributed by atoms with Crippen molar-refractivity contribution in [2.24, 2.45) is 0 Å². The third kappa shape index (κ3) is 6.99. The van der Waals surface area contributed by atoms with Crippen molar-refractivity contribution in [2.45, 2.75) is 24.9 Å². The molecule has 158 valence electrons. The van der Waals surface area contributed by atoms with Crippen LogP contribution in [0.15, 0.2) is 30.3 Å². The molecule has 9 nitrogen and oxygen atoms in total. The number of likely N-dealkylation sites (N-methyl/N-ethyl adjacent to an activating group) is 1. The third-order valence-corrected chi connectivity index (χ3v) is 6.25. The molecule has 0 aliphatic carbocycles. The van der Waals surface area contributed by atoms with Gasteiger partial charge >= 0.3 is 6.03 Å². The van der Waals surface area contributed by atoms with Crippen molar-refractivity contribution < 1.29 is 13.2 Å². The minimum atomic E-state index is -3.30. The molecule has 0 radical (unpaired) electrons. The molecule has 0 aliphatic heterocycles. The molecular weight excluding hydrogens is 392 g/mol. The molecule has 0 unspecified atom stereocenters. The summed E-state index contributed by atoms with van der Waals surface area (Å²) >= 11 is 0. The number of nitrogen functional groups attached to an aromatic ring is 1. The predicted octanol–water partition coefficient (Wildman–Crippen LogP) is 1.73. The molecule has 0 saturated heterocycles. The number of hydrogen-bond acceptors (Lipinski definition) is 7. The second kappa shape index (κ2) is 9.66. The lowest BCUT2D eigenvalue weighted by Crippen LogP contribution is -2.34. The van der Waals surface area contributed by atoms with Crippen LogP contribution in [0.2, 0.25) is 0 Å². The molecule has 29 heavy (non-hydrogen) atoms. The Morgan fingerprint density at radius 1 is 1.17 bits per heavy atom. The van der Waals surface area contributed by atoms with Crippen LogP contribution in [0.4, 0.5) is 16.3 Å². The van der Waals surface area contributed by atoms with E-state index in [4.69, 9.17) is 5.73 Å². The molecule has 2 amide bonds. The maximum Gasteiger partial charge on any atom is 0.319 e. The van der Waals surface area contributed by atoms with Gasteiger partial charge in [-0.05, 0) is 52.2 Å². The molecule has 1 heterocycles. The van der Waals surface area contributed by atoms with Gasteiger partial charge in [-0.2, -0.15) is 0 Å². The average molecular weight is 421 g/mol. The van der Waals surface area contributed by atoms with Crippen LogP contribution in [0.25, 0.3) is 11.4 Å². The number of nitrogens with one attached hydrogen (secondary N) is 2. The molecule has 0 saturated carbocycles. The first-order chi connectivity index (χ1) is 13.6. The van der Waals surface area contributed by atoms with E-state index >= 15 is 0 Å². The minimum absolute atomic E-state index is 0.197. The first kappa shape index (κ1) is 22.6. The largest absolute Gasteiger partial charge is 0.384 e.